The number of hydrogen-bond donors (Lipinski definition) is 0. The maximum absolute atomic E-state index is 13.5. The predicted octanol–water partition coefficient (Wildman–Crippen LogP) is 3.23. The average Bonchev–Trinajstić information content (AvgIpc) is 2.27. The molecule has 98 valence electrons. The van der Waals surface area contributed by atoms with Crippen LogP contribution in [0.2, 0.25) is 5.02 Å². The van der Waals surface area contributed by atoms with Gasteiger partial charge in [0.2, 0.25) is 0 Å². The van der Waals surface area contributed by atoms with Gasteiger partial charge in [-0.3, -0.25) is 9.59 Å². The third-order valence-electron chi connectivity index (χ3n) is 1.87. The molecule has 7 heteroatoms. The molecule has 0 heterocycles. The minimum absolute atomic E-state index is 0.0503. The highest BCUT2D eigenvalue weighted by Gasteiger charge is 2.19. The number of esters is 2. The van der Waals surface area contributed by atoms with Gasteiger partial charge in [0.15, 0.2) is 11.6 Å². The molecule has 0 aliphatic heterocycles. The van der Waals surface area contributed by atoms with Gasteiger partial charge in [-0.1, -0.05) is 11.6 Å². The Bertz CT molecular complexity index is 504. The highest BCUT2D eigenvalue weighted by atomic mass is 79.9. The Morgan fingerprint density at radius 2 is 2.00 bits per heavy atom. The monoisotopic (exact) mass is 338 g/mol. The zero-order valence-corrected chi connectivity index (χ0v) is 11.9. The van der Waals surface area contributed by atoms with Gasteiger partial charge in [0.1, 0.15) is 6.61 Å². The van der Waals surface area contributed by atoms with Crippen LogP contribution in [0, 0.1) is 5.82 Å². The van der Waals surface area contributed by atoms with Gasteiger partial charge >= 0.3 is 11.9 Å². The van der Waals surface area contributed by atoms with E-state index in [9.17, 15) is 14.0 Å². The Morgan fingerprint density at radius 1 is 1.39 bits per heavy atom. The van der Waals surface area contributed by atoms with Crippen molar-refractivity contribution in [3.8, 4) is 5.75 Å². The number of ether oxygens (including phenoxy) is 2. The van der Waals surface area contributed by atoms with Crippen molar-refractivity contribution in [1.82, 2.24) is 0 Å². The lowest BCUT2D eigenvalue weighted by molar-refractivity contribution is -0.142. The minimum atomic E-state index is -0.750. The number of halogens is 3. The summed E-state index contributed by atoms with van der Waals surface area (Å²) in [5.74, 6) is -1.94. The van der Waals surface area contributed by atoms with Crippen LogP contribution in [0.25, 0.3) is 0 Å². The maximum Gasteiger partial charge on any atom is 0.308 e. The third kappa shape index (κ3) is 3.68. The molecule has 0 saturated heterocycles. The van der Waals surface area contributed by atoms with E-state index in [1.165, 1.54) is 19.9 Å². The number of carbonyl (C=O) groups is 2. The molecule has 0 bridgehead atoms. The zero-order chi connectivity index (χ0) is 13.9. The Morgan fingerprint density at radius 3 is 2.50 bits per heavy atom. The molecule has 4 nitrogen and oxygen atoms in total. The fraction of sp³-hybridized carbons (Fsp3) is 0.273. The van der Waals surface area contributed by atoms with E-state index in [0.29, 0.717) is 5.56 Å². The maximum atomic E-state index is 13.5. The van der Waals surface area contributed by atoms with Gasteiger partial charge in [-0.25, -0.2) is 4.39 Å². The first-order valence-electron chi connectivity index (χ1n) is 4.81. The van der Waals surface area contributed by atoms with Gasteiger partial charge in [-0.15, -0.1) is 0 Å². The van der Waals surface area contributed by atoms with Crippen molar-refractivity contribution in [3.05, 3.63) is 26.9 Å². The first kappa shape index (κ1) is 14.9. The molecule has 0 radical (unpaired) electrons. The van der Waals surface area contributed by atoms with E-state index in [1.54, 1.807) is 0 Å². The molecule has 0 spiro atoms. The second-order valence-corrected chi connectivity index (χ2v) is 4.55. The SMILES string of the molecule is CC(=O)OCc1cc(Cl)c(F)c(Br)c1OC(C)=O. The number of hydrogen-bond acceptors (Lipinski definition) is 4. The van der Waals surface area contributed by atoms with Gasteiger partial charge in [0, 0.05) is 19.4 Å². The fourth-order valence-corrected chi connectivity index (χ4v) is 2.06. The third-order valence-corrected chi connectivity index (χ3v) is 2.85. The molecule has 0 saturated carbocycles. The molecule has 1 aromatic carbocycles. The summed E-state index contributed by atoms with van der Waals surface area (Å²) in [5, 5.41) is -0.167. The molecule has 1 aromatic rings. The first-order valence-corrected chi connectivity index (χ1v) is 5.98. The molecule has 0 amide bonds. The normalized spacial score (nSPS) is 10.1. The Kier molecular flexibility index (Phi) is 5.10. The lowest BCUT2D eigenvalue weighted by Crippen LogP contribution is -2.08. The van der Waals surface area contributed by atoms with Crippen molar-refractivity contribution in [3.63, 3.8) is 0 Å². The van der Waals surface area contributed by atoms with Crippen LogP contribution in [0.15, 0.2) is 10.5 Å². The lowest BCUT2D eigenvalue weighted by atomic mass is 10.2. The first-order chi connectivity index (χ1) is 8.32. The van der Waals surface area contributed by atoms with Gasteiger partial charge in [0.05, 0.1) is 9.50 Å². The number of rotatable bonds is 3. The Hall–Kier alpha value is -1.14. The lowest BCUT2D eigenvalue weighted by Gasteiger charge is -2.12. The zero-order valence-electron chi connectivity index (χ0n) is 9.55. The van der Waals surface area contributed by atoms with Crippen molar-refractivity contribution in [2.45, 2.75) is 20.5 Å². The summed E-state index contributed by atoms with van der Waals surface area (Å²) in [5.41, 5.74) is 0.290. The Balaban J connectivity index is 3.20. The molecule has 0 N–H and O–H groups in total. The second kappa shape index (κ2) is 6.15. The van der Waals surface area contributed by atoms with Crippen LogP contribution in [0.1, 0.15) is 19.4 Å². The van der Waals surface area contributed by atoms with Gasteiger partial charge in [0.25, 0.3) is 0 Å². The van der Waals surface area contributed by atoms with Crippen molar-refractivity contribution < 1.29 is 23.5 Å². The summed E-state index contributed by atoms with van der Waals surface area (Å²) in [7, 11) is 0. The van der Waals surface area contributed by atoms with Crippen molar-refractivity contribution in [2.75, 3.05) is 0 Å². The van der Waals surface area contributed by atoms with Crippen LogP contribution in [0.4, 0.5) is 4.39 Å². The van der Waals surface area contributed by atoms with E-state index in [2.05, 4.69) is 15.9 Å². The van der Waals surface area contributed by atoms with Crippen LogP contribution in [0.3, 0.4) is 0 Å². The molecular weight excluding hydrogens is 330 g/mol. The highest BCUT2D eigenvalue weighted by Crippen LogP contribution is 2.36. The quantitative estimate of drug-likeness (QED) is 0.482. The summed E-state index contributed by atoms with van der Waals surface area (Å²) in [4.78, 5) is 21.7. The van der Waals surface area contributed by atoms with Crippen molar-refractivity contribution >= 4 is 39.5 Å². The number of benzene rings is 1. The fourth-order valence-electron chi connectivity index (χ4n) is 1.17. The number of carbonyl (C=O) groups excluding carboxylic acids is 2. The van der Waals surface area contributed by atoms with E-state index < -0.39 is 17.8 Å². The summed E-state index contributed by atoms with van der Waals surface area (Å²) >= 11 is 8.60. The molecule has 0 aromatic heterocycles. The Labute approximate surface area is 116 Å². The largest absolute Gasteiger partial charge is 0.461 e. The molecule has 0 atom stereocenters. The predicted molar refractivity (Wildman–Crippen MR) is 65.9 cm³/mol. The van der Waals surface area contributed by atoms with Gasteiger partial charge in [-0.2, -0.15) is 0 Å². The van der Waals surface area contributed by atoms with Crippen molar-refractivity contribution in [2.24, 2.45) is 0 Å². The van der Waals surface area contributed by atoms with E-state index in [0.717, 1.165) is 0 Å². The summed E-state index contributed by atoms with van der Waals surface area (Å²) in [6.07, 6.45) is 0. The molecule has 1 rings (SSSR count). The van der Waals surface area contributed by atoms with E-state index in [1.807, 2.05) is 0 Å². The van der Waals surface area contributed by atoms with E-state index >= 15 is 0 Å². The summed E-state index contributed by atoms with van der Waals surface area (Å²) in [6, 6.07) is 1.24. The van der Waals surface area contributed by atoms with Crippen molar-refractivity contribution in [1.29, 1.82) is 0 Å². The highest BCUT2D eigenvalue weighted by molar-refractivity contribution is 9.10. The van der Waals surface area contributed by atoms with Crippen LogP contribution in [0.5, 0.6) is 5.75 Å². The van der Waals surface area contributed by atoms with Gasteiger partial charge in [-0.05, 0) is 22.0 Å². The topological polar surface area (TPSA) is 52.6 Å². The smallest absolute Gasteiger partial charge is 0.308 e. The molecule has 0 fully saturated rings. The average molecular weight is 340 g/mol. The van der Waals surface area contributed by atoms with Crippen LogP contribution in [-0.2, 0) is 20.9 Å². The van der Waals surface area contributed by atoms with E-state index in [4.69, 9.17) is 21.1 Å². The van der Waals surface area contributed by atoms with Crippen LogP contribution in [-0.4, -0.2) is 11.9 Å². The summed E-state index contributed by atoms with van der Waals surface area (Å²) < 4.78 is 23.1. The summed E-state index contributed by atoms with van der Waals surface area (Å²) in [6.45, 7) is 2.23. The van der Waals surface area contributed by atoms with Crippen LogP contribution < -0.4 is 4.74 Å². The van der Waals surface area contributed by atoms with Gasteiger partial charge < -0.3 is 9.47 Å². The molecule has 0 unspecified atom stereocenters. The molecule has 0 aliphatic rings. The minimum Gasteiger partial charge on any atom is -0.461 e. The molecular formula is C11H9BrClFO4. The van der Waals surface area contributed by atoms with E-state index in [-0.39, 0.29) is 21.9 Å². The second-order valence-electron chi connectivity index (χ2n) is 3.35. The standard InChI is InChI=1S/C11H9BrClFO4/c1-5(15)17-4-7-3-8(13)10(14)9(12)11(7)18-6(2)16/h3H,4H2,1-2H3. The molecule has 18 heavy (non-hydrogen) atoms. The molecule has 0 aliphatic carbocycles. The van der Waals surface area contributed by atoms with Crippen LogP contribution >= 0.6 is 27.5 Å².